The Bertz CT molecular complexity index is 1280. The van der Waals surface area contributed by atoms with Crippen molar-refractivity contribution >= 4 is 34.1 Å². The molecular weight excluding hydrogens is 392 g/mol. The Hall–Kier alpha value is -3.17. The molecule has 1 amide bonds. The number of hydrogen-bond donors (Lipinski definition) is 1. The van der Waals surface area contributed by atoms with E-state index in [4.69, 9.17) is 16.6 Å². The van der Waals surface area contributed by atoms with Crippen LogP contribution in [0.5, 0.6) is 0 Å². The minimum atomic E-state index is -0.142. The van der Waals surface area contributed by atoms with E-state index >= 15 is 0 Å². The monoisotopic (exact) mass is 414 g/mol. The Kier molecular flexibility index (Phi) is 5.31. The molecule has 4 heteroatoms. The molecule has 1 N–H and O–H groups in total. The first-order chi connectivity index (χ1) is 14.3. The summed E-state index contributed by atoms with van der Waals surface area (Å²) >= 11 is 6.23. The highest BCUT2D eigenvalue weighted by Gasteiger charge is 2.20. The van der Waals surface area contributed by atoms with Gasteiger partial charge in [0, 0.05) is 21.7 Å². The number of hydrogen-bond acceptors (Lipinski definition) is 2. The van der Waals surface area contributed by atoms with E-state index in [1.807, 2.05) is 82.3 Å². The van der Waals surface area contributed by atoms with Crippen molar-refractivity contribution in [2.75, 3.05) is 5.32 Å². The van der Waals surface area contributed by atoms with Crippen LogP contribution in [0, 0.1) is 27.7 Å². The molecule has 30 heavy (non-hydrogen) atoms. The maximum Gasteiger partial charge on any atom is 0.256 e. The van der Waals surface area contributed by atoms with Crippen molar-refractivity contribution in [3.63, 3.8) is 0 Å². The fourth-order valence-corrected chi connectivity index (χ4v) is 4.05. The van der Waals surface area contributed by atoms with Crippen LogP contribution in [0.2, 0.25) is 5.02 Å². The van der Waals surface area contributed by atoms with Crippen molar-refractivity contribution in [1.82, 2.24) is 4.98 Å². The number of pyridine rings is 1. The van der Waals surface area contributed by atoms with Gasteiger partial charge < -0.3 is 5.32 Å². The van der Waals surface area contributed by atoms with E-state index < -0.39 is 0 Å². The Morgan fingerprint density at radius 3 is 2.33 bits per heavy atom. The van der Waals surface area contributed by atoms with Gasteiger partial charge in [-0.3, -0.25) is 4.79 Å². The van der Waals surface area contributed by atoms with E-state index in [1.54, 1.807) is 0 Å². The summed E-state index contributed by atoms with van der Waals surface area (Å²) in [7, 11) is 0. The maximum absolute atomic E-state index is 13.4. The Labute approximate surface area is 181 Å². The fourth-order valence-electron chi connectivity index (χ4n) is 3.85. The second-order valence-electron chi connectivity index (χ2n) is 7.77. The van der Waals surface area contributed by atoms with Crippen LogP contribution in [-0.2, 0) is 0 Å². The minimum absolute atomic E-state index is 0.142. The molecule has 0 saturated heterocycles. The van der Waals surface area contributed by atoms with Gasteiger partial charge >= 0.3 is 0 Å². The molecule has 0 fully saturated rings. The van der Waals surface area contributed by atoms with E-state index in [2.05, 4.69) is 11.4 Å². The standard InChI is InChI=1S/C26H23ClN2O/c1-15-8-10-21(11-9-15)28-26(30)23-18(4)25(19-6-5-7-20(27)14-19)29-24-17(3)12-16(2)13-22(23)24/h5-14H,1-4H3,(H,28,30). The molecule has 0 radical (unpaired) electrons. The predicted molar refractivity (Wildman–Crippen MR) is 126 cm³/mol. The lowest BCUT2D eigenvalue weighted by Gasteiger charge is -2.17. The maximum atomic E-state index is 13.4. The number of aromatic nitrogens is 1. The summed E-state index contributed by atoms with van der Waals surface area (Å²) in [5, 5.41) is 4.56. The molecule has 0 atom stereocenters. The molecule has 1 heterocycles. The zero-order chi connectivity index (χ0) is 21.4. The number of carbonyl (C=O) groups excluding carboxylic acids is 1. The lowest BCUT2D eigenvalue weighted by atomic mass is 9.94. The number of anilines is 1. The number of fused-ring (bicyclic) bond motifs is 1. The molecule has 0 spiro atoms. The summed E-state index contributed by atoms with van der Waals surface area (Å²) in [5.74, 6) is -0.142. The molecule has 3 aromatic carbocycles. The van der Waals surface area contributed by atoms with Gasteiger partial charge in [-0.1, -0.05) is 53.1 Å². The Morgan fingerprint density at radius 1 is 0.900 bits per heavy atom. The number of rotatable bonds is 3. The topological polar surface area (TPSA) is 42.0 Å². The summed E-state index contributed by atoms with van der Waals surface area (Å²) in [6, 6.07) is 19.5. The molecule has 0 aliphatic carbocycles. The lowest BCUT2D eigenvalue weighted by molar-refractivity contribution is 0.102. The zero-order valence-corrected chi connectivity index (χ0v) is 18.3. The Balaban J connectivity index is 1.95. The second-order valence-corrected chi connectivity index (χ2v) is 8.21. The minimum Gasteiger partial charge on any atom is -0.322 e. The molecule has 0 aliphatic rings. The van der Waals surface area contributed by atoms with Crippen LogP contribution in [0.15, 0.2) is 60.7 Å². The number of nitrogens with zero attached hydrogens (tertiary/aromatic N) is 1. The summed E-state index contributed by atoms with van der Waals surface area (Å²) in [6.07, 6.45) is 0. The third-order valence-corrected chi connectivity index (χ3v) is 5.54. The van der Waals surface area contributed by atoms with Crippen LogP contribution < -0.4 is 5.32 Å². The molecule has 150 valence electrons. The Morgan fingerprint density at radius 2 is 1.63 bits per heavy atom. The fraction of sp³-hybridized carbons (Fsp3) is 0.154. The average molecular weight is 415 g/mol. The SMILES string of the molecule is Cc1ccc(NC(=O)c2c(C)c(-c3cccc(Cl)c3)nc3c(C)cc(C)cc23)cc1. The van der Waals surface area contributed by atoms with Gasteiger partial charge in [-0.15, -0.1) is 0 Å². The number of carbonyl (C=O) groups is 1. The molecule has 4 aromatic rings. The molecule has 1 aromatic heterocycles. The number of amides is 1. The van der Waals surface area contributed by atoms with Crippen molar-refractivity contribution in [1.29, 1.82) is 0 Å². The first kappa shape index (κ1) is 20.1. The summed E-state index contributed by atoms with van der Waals surface area (Å²) < 4.78 is 0. The molecule has 0 aliphatic heterocycles. The molecule has 4 rings (SSSR count). The van der Waals surface area contributed by atoms with E-state index in [9.17, 15) is 4.79 Å². The first-order valence-electron chi connectivity index (χ1n) is 9.89. The van der Waals surface area contributed by atoms with E-state index in [0.717, 1.165) is 50.1 Å². The van der Waals surface area contributed by atoms with Crippen LogP contribution in [-0.4, -0.2) is 10.9 Å². The van der Waals surface area contributed by atoms with Gasteiger partial charge in [-0.2, -0.15) is 0 Å². The number of aryl methyl sites for hydroxylation is 3. The van der Waals surface area contributed by atoms with Crippen LogP contribution in [0.3, 0.4) is 0 Å². The van der Waals surface area contributed by atoms with Gasteiger partial charge in [0.25, 0.3) is 5.91 Å². The van der Waals surface area contributed by atoms with Gasteiger partial charge in [0.2, 0.25) is 0 Å². The van der Waals surface area contributed by atoms with Crippen molar-refractivity contribution in [2.45, 2.75) is 27.7 Å². The van der Waals surface area contributed by atoms with E-state index in [0.29, 0.717) is 10.6 Å². The summed E-state index contributed by atoms with van der Waals surface area (Å²) in [4.78, 5) is 18.4. The number of nitrogens with one attached hydrogen (secondary N) is 1. The van der Waals surface area contributed by atoms with Gasteiger partial charge in [0.1, 0.15) is 0 Å². The predicted octanol–water partition coefficient (Wildman–Crippen LogP) is 7.04. The van der Waals surface area contributed by atoms with Crippen molar-refractivity contribution < 1.29 is 4.79 Å². The normalized spacial score (nSPS) is 11.0. The first-order valence-corrected chi connectivity index (χ1v) is 10.3. The molecule has 3 nitrogen and oxygen atoms in total. The highest BCUT2D eigenvalue weighted by atomic mass is 35.5. The zero-order valence-electron chi connectivity index (χ0n) is 17.5. The van der Waals surface area contributed by atoms with Gasteiger partial charge in [-0.25, -0.2) is 4.98 Å². The van der Waals surface area contributed by atoms with Gasteiger partial charge in [0.15, 0.2) is 0 Å². The van der Waals surface area contributed by atoms with Crippen molar-refractivity contribution in [2.24, 2.45) is 0 Å². The van der Waals surface area contributed by atoms with Crippen LogP contribution >= 0.6 is 11.6 Å². The third kappa shape index (κ3) is 3.81. The largest absolute Gasteiger partial charge is 0.322 e. The molecule has 0 unspecified atom stereocenters. The highest BCUT2D eigenvalue weighted by Crippen LogP contribution is 2.33. The quantitative estimate of drug-likeness (QED) is 0.390. The van der Waals surface area contributed by atoms with Crippen LogP contribution in [0.25, 0.3) is 22.2 Å². The van der Waals surface area contributed by atoms with Gasteiger partial charge in [0.05, 0.1) is 16.8 Å². The molecular formula is C26H23ClN2O. The molecule has 0 saturated carbocycles. The van der Waals surface area contributed by atoms with Crippen LogP contribution in [0.4, 0.5) is 5.69 Å². The summed E-state index contributed by atoms with van der Waals surface area (Å²) in [5.41, 5.74) is 8.02. The highest BCUT2D eigenvalue weighted by molar-refractivity contribution is 6.30. The van der Waals surface area contributed by atoms with Gasteiger partial charge in [-0.05, 0) is 69.2 Å². The van der Waals surface area contributed by atoms with Crippen molar-refractivity contribution in [3.8, 4) is 11.3 Å². The molecule has 0 bridgehead atoms. The number of halogens is 1. The van der Waals surface area contributed by atoms with E-state index in [1.165, 1.54) is 0 Å². The summed E-state index contributed by atoms with van der Waals surface area (Å²) in [6.45, 7) is 8.04. The third-order valence-electron chi connectivity index (χ3n) is 5.30. The van der Waals surface area contributed by atoms with Crippen LogP contribution in [0.1, 0.15) is 32.6 Å². The van der Waals surface area contributed by atoms with E-state index in [-0.39, 0.29) is 5.91 Å². The lowest BCUT2D eigenvalue weighted by Crippen LogP contribution is -2.15. The number of benzene rings is 3. The smallest absolute Gasteiger partial charge is 0.256 e. The average Bonchev–Trinajstić information content (AvgIpc) is 2.69. The van der Waals surface area contributed by atoms with Crippen molar-refractivity contribution in [3.05, 3.63) is 93.5 Å². The second kappa shape index (κ2) is 7.92.